The number of benzene rings is 3. The van der Waals surface area contributed by atoms with E-state index in [1.54, 1.807) is 55.5 Å². The van der Waals surface area contributed by atoms with Gasteiger partial charge in [-0.3, -0.25) is 9.59 Å². The third-order valence-electron chi connectivity index (χ3n) is 4.31. The highest BCUT2D eigenvalue weighted by atomic mass is 35.5. The summed E-state index contributed by atoms with van der Waals surface area (Å²) in [4.78, 5) is 24.8. The Labute approximate surface area is 179 Å². The van der Waals surface area contributed by atoms with Crippen LogP contribution in [0.1, 0.15) is 33.2 Å². The second-order valence-corrected chi connectivity index (χ2v) is 7.44. The average Bonchev–Trinajstić information content (AvgIpc) is 2.69. The Bertz CT molecular complexity index is 1030. The molecule has 4 nitrogen and oxygen atoms in total. The summed E-state index contributed by atoms with van der Waals surface area (Å²) in [5.41, 5.74) is 2.60. The number of amides is 1. The molecule has 0 bridgehead atoms. The Morgan fingerprint density at radius 3 is 2.21 bits per heavy atom. The molecule has 1 amide bonds. The van der Waals surface area contributed by atoms with Gasteiger partial charge in [0.15, 0.2) is 6.10 Å². The standard InChI is InChI=1S/C23H19Cl2NO3/c1-14-3-5-16(6-4-14)22(27)15(2)29-19-10-8-18(9-11-19)26-23(28)20-12-7-17(24)13-21(20)25/h3-13,15H,1-2H3,(H,26,28). The van der Waals surface area contributed by atoms with Gasteiger partial charge < -0.3 is 10.1 Å². The molecule has 0 aliphatic carbocycles. The first kappa shape index (κ1) is 20.9. The Balaban J connectivity index is 1.63. The van der Waals surface area contributed by atoms with Crippen LogP contribution in [0.4, 0.5) is 5.69 Å². The van der Waals surface area contributed by atoms with E-state index >= 15 is 0 Å². The zero-order valence-corrected chi connectivity index (χ0v) is 17.4. The third kappa shape index (κ3) is 5.37. The van der Waals surface area contributed by atoms with Crippen molar-refractivity contribution in [2.45, 2.75) is 20.0 Å². The molecule has 1 atom stereocenters. The Kier molecular flexibility index (Phi) is 6.57. The second-order valence-electron chi connectivity index (χ2n) is 6.59. The lowest BCUT2D eigenvalue weighted by Gasteiger charge is -2.14. The zero-order valence-electron chi connectivity index (χ0n) is 15.9. The molecule has 0 aliphatic heterocycles. The van der Waals surface area contributed by atoms with Crippen molar-refractivity contribution in [3.63, 3.8) is 0 Å². The fraction of sp³-hybridized carbons (Fsp3) is 0.130. The van der Waals surface area contributed by atoms with Crippen LogP contribution in [0.15, 0.2) is 66.7 Å². The summed E-state index contributed by atoms with van der Waals surface area (Å²) in [6.45, 7) is 3.68. The number of carbonyl (C=O) groups excluding carboxylic acids is 2. The summed E-state index contributed by atoms with van der Waals surface area (Å²) >= 11 is 11.9. The van der Waals surface area contributed by atoms with Gasteiger partial charge in [-0.15, -0.1) is 0 Å². The lowest BCUT2D eigenvalue weighted by atomic mass is 10.1. The van der Waals surface area contributed by atoms with Crippen molar-refractivity contribution in [3.05, 3.63) is 93.5 Å². The molecule has 3 rings (SSSR count). The molecule has 1 N–H and O–H groups in total. The Hall–Kier alpha value is -2.82. The first-order valence-corrected chi connectivity index (χ1v) is 9.73. The second kappa shape index (κ2) is 9.12. The molecule has 0 aromatic heterocycles. The number of Topliss-reactive ketones (excluding diaryl/α,β-unsaturated/α-hetero) is 1. The van der Waals surface area contributed by atoms with Crippen LogP contribution in [-0.2, 0) is 0 Å². The summed E-state index contributed by atoms with van der Waals surface area (Å²) in [5, 5.41) is 3.50. The maximum atomic E-state index is 12.5. The van der Waals surface area contributed by atoms with Crippen molar-refractivity contribution < 1.29 is 14.3 Å². The summed E-state index contributed by atoms with van der Waals surface area (Å²) in [6.07, 6.45) is -0.633. The van der Waals surface area contributed by atoms with Gasteiger partial charge in [0.1, 0.15) is 5.75 Å². The molecule has 6 heteroatoms. The molecular weight excluding hydrogens is 409 g/mol. The van der Waals surface area contributed by atoms with Crippen molar-refractivity contribution in [3.8, 4) is 5.75 Å². The molecule has 0 radical (unpaired) electrons. The molecule has 0 saturated carbocycles. The van der Waals surface area contributed by atoms with Gasteiger partial charge >= 0.3 is 0 Å². The highest BCUT2D eigenvalue weighted by Crippen LogP contribution is 2.23. The molecule has 3 aromatic carbocycles. The van der Waals surface area contributed by atoms with Crippen LogP contribution >= 0.6 is 23.2 Å². The quantitative estimate of drug-likeness (QED) is 0.476. The molecular formula is C23H19Cl2NO3. The smallest absolute Gasteiger partial charge is 0.257 e. The zero-order chi connectivity index (χ0) is 21.0. The van der Waals surface area contributed by atoms with E-state index in [2.05, 4.69) is 5.32 Å². The average molecular weight is 428 g/mol. The number of hydrogen-bond donors (Lipinski definition) is 1. The number of carbonyl (C=O) groups is 2. The van der Waals surface area contributed by atoms with Gasteiger partial charge in [0.2, 0.25) is 5.78 Å². The van der Waals surface area contributed by atoms with Crippen LogP contribution < -0.4 is 10.1 Å². The van der Waals surface area contributed by atoms with Crippen LogP contribution in [0.3, 0.4) is 0 Å². The van der Waals surface area contributed by atoms with E-state index in [1.807, 2.05) is 19.1 Å². The number of ether oxygens (including phenoxy) is 1. The minimum atomic E-state index is -0.633. The van der Waals surface area contributed by atoms with E-state index < -0.39 is 6.10 Å². The molecule has 0 fully saturated rings. The number of nitrogens with one attached hydrogen (secondary N) is 1. The molecule has 148 valence electrons. The summed E-state index contributed by atoms with van der Waals surface area (Å²) < 4.78 is 5.74. The molecule has 0 spiro atoms. The van der Waals surface area contributed by atoms with Crippen molar-refractivity contribution in [2.75, 3.05) is 5.32 Å². The molecule has 0 saturated heterocycles. The van der Waals surface area contributed by atoms with Crippen LogP contribution in [-0.4, -0.2) is 17.8 Å². The normalized spacial score (nSPS) is 11.6. The third-order valence-corrected chi connectivity index (χ3v) is 4.85. The van der Waals surface area contributed by atoms with Gasteiger partial charge in [-0.2, -0.15) is 0 Å². The minimum Gasteiger partial charge on any atom is -0.483 e. The maximum absolute atomic E-state index is 12.5. The SMILES string of the molecule is Cc1ccc(C(=O)C(C)Oc2ccc(NC(=O)c3ccc(Cl)cc3Cl)cc2)cc1. The highest BCUT2D eigenvalue weighted by molar-refractivity contribution is 6.37. The summed E-state index contributed by atoms with van der Waals surface area (Å²) in [7, 11) is 0. The Morgan fingerprint density at radius 2 is 1.59 bits per heavy atom. The van der Waals surface area contributed by atoms with E-state index in [-0.39, 0.29) is 16.7 Å². The van der Waals surface area contributed by atoms with Gasteiger partial charge in [0.25, 0.3) is 5.91 Å². The van der Waals surface area contributed by atoms with E-state index in [4.69, 9.17) is 27.9 Å². The summed E-state index contributed by atoms with van der Waals surface area (Å²) in [5.74, 6) is 0.0866. The molecule has 3 aromatic rings. The predicted octanol–water partition coefficient (Wildman–Crippen LogP) is 6.20. The fourth-order valence-corrected chi connectivity index (χ4v) is 3.19. The van der Waals surface area contributed by atoms with Crippen LogP contribution in [0.25, 0.3) is 0 Å². The molecule has 29 heavy (non-hydrogen) atoms. The largest absolute Gasteiger partial charge is 0.483 e. The summed E-state index contributed by atoms with van der Waals surface area (Å²) in [6, 6.07) is 18.8. The minimum absolute atomic E-state index is 0.0974. The van der Waals surface area contributed by atoms with Gasteiger partial charge in [-0.1, -0.05) is 53.0 Å². The van der Waals surface area contributed by atoms with E-state index in [9.17, 15) is 9.59 Å². The number of aryl methyl sites for hydroxylation is 1. The lowest BCUT2D eigenvalue weighted by Crippen LogP contribution is -2.23. The van der Waals surface area contributed by atoms with E-state index in [0.717, 1.165) is 5.56 Å². The van der Waals surface area contributed by atoms with Crippen LogP contribution in [0.5, 0.6) is 5.75 Å². The number of rotatable bonds is 6. The number of anilines is 1. The lowest BCUT2D eigenvalue weighted by molar-refractivity contribution is 0.0818. The predicted molar refractivity (Wildman–Crippen MR) is 116 cm³/mol. The molecule has 0 heterocycles. The Morgan fingerprint density at radius 1 is 0.931 bits per heavy atom. The van der Waals surface area contributed by atoms with Crippen LogP contribution in [0.2, 0.25) is 10.0 Å². The highest BCUT2D eigenvalue weighted by Gasteiger charge is 2.17. The molecule has 0 aliphatic rings. The van der Waals surface area contributed by atoms with Gasteiger partial charge in [-0.05, 0) is 56.3 Å². The van der Waals surface area contributed by atoms with Crippen LogP contribution in [0, 0.1) is 6.92 Å². The van der Waals surface area contributed by atoms with Crippen molar-refractivity contribution in [2.24, 2.45) is 0 Å². The van der Waals surface area contributed by atoms with E-state index in [1.165, 1.54) is 6.07 Å². The fourth-order valence-electron chi connectivity index (χ4n) is 2.70. The monoisotopic (exact) mass is 427 g/mol. The van der Waals surface area contributed by atoms with Crippen molar-refractivity contribution in [1.29, 1.82) is 0 Å². The first-order valence-electron chi connectivity index (χ1n) is 8.97. The first-order chi connectivity index (χ1) is 13.8. The number of halogens is 2. The molecule has 1 unspecified atom stereocenters. The van der Waals surface area contributed by atoms with Crippen molar-refractivity contribution in [1.82, 2.24) is 0 Å². The van der Waals surface area contributed by atoms with Gasteiger partial charge in [0, 0.05) is 16.3 Å². The topological polar surface area (TPSA) is 55.4 Å². The van der Waals surface area contributed by atoms with Gasteiger partial charge in [0.05, 0.1) is 10.6 Å². The number of ketones is 1. The van der Waals surface area contributed by atoms with Crippen molar-refractivity contribution >= 4 is 40.6 Å². The van der Waals surface area contributed by atoms with E-state index in [0.29, 0.717) is 27.6 Å². The maximum Gasteiger partial charge on any atom is 0.257 e. The number of hydrogen-bond acceptors (Lipinski definition) is 3. The van der Waals surface area contributed by atoms with Gasteiger partial charge in [-0.25, -0.2) is 0 Å².